The number of rotatable bonds is 12. The van der Waals surface area contributed by atoms with Crippen LogP contribution in [0.25, 0.3) is 0 Å². The van der Waals surface area contributed by atoms with E-state index < -0.39 is 28.5 Å². The van der Waals surface area contributed by atoms with E-state index in [2.05, 4.69) is 5.32 Å². The first kappa shape index (κ1) is 32.2. The van der Waals surface area contributed by atoms with Gasteiger partial charge in [0.2, 0.25) is 11.8 Å². The molecule has 2 atom stereocenters. The van der Waals surface area contributed by atoms with Gasteiger partial charge in [0.05, 0.1) is 10.6 Å². The van der Waals surface area contributed by atoms with Gasteiger partial charge >= 0.3 is 0 Å². The Bertz CT molecular complexity index is 1470. The number of sulfonamides is 1. The summed E-state index contributed by atoms with van der Waals surface area (Å²) in [5.74, 6) is -0.762. The first-order valence-corrected chi connectivity index (χ1v) is 15.7. The van der Waals surface area contributed by atoms with E-state index in [-0.39, 0.29) is 23.4 Å². The molecule has 0 fully saturated rings. The second kappa shape index (κ2) is 14.0. The smallest absolute Gasteiger partial charge is 0.264 e. The lowest BCUT2D eigenvalue weighted by Crippen LogP contribution is -2.53. The molecule has 1 N–H and O–H groups in total. The number of amides is 2. The number of nitrogens with one attached hydrogen (secondary N) is 1. The van der Waals surface area contributed by atoms with Crippen LogP contribution in [-0.2, 0) is 26.2 Å². The van der Waals surface area contributed by atoms with E-state index in [0.29, 0.717) is 22.7 Å². The van der Waals surface area contributed by atoms with Gasteiger partial charge < -0.3 is 10.2 Å². The molecule has 0 unspecified atom stereocenters. The fourth-order valence-corrected chi connectivity index (χ4v) is 6.21. The summed E-state index contributed by atoms with van der Waals surface area (Å²) < 4.78 is 29.2. The van der Waals surface area contributed by atoms with Gasteiger partial charge in [0.15, 0.2) is 0 Å². The van der Waals surface area contributed by atoms with Crippen molar-refractivity contribution in [2.75, 3.05) is 10.8 Å². The van der Waals surface area contributed by atoms with Crippen LogP contribution in [0.5, 0.6) is 0 Å². The molecule has 0 radical (unpaired) electrons. The van der Waals surface area contributed by atoms with E-state index in [1.165, 1.54) is 17.0 Å². The summed E-state index contributed by atoms with van der Waals surface area (Å²) in [5.41, 5.74) is 3.72. The highest BCUT2D eigenvalue weighted by Crippen LogP contribution is 2.30. The van der Waals surface area contributed by atoms with Crippen LogP contribution in [0.1, 0.15) is 55.9 Å². The fourth-order valence-electron chi connectivity index (χ4n) is 4.57. The highest BCUT2D eigenvalue weighted by Gasteiger charge is 2.34. The van der Waals surface area contributed by atoms with E-state index >= 15 is 0 Å². The zero-order valence-electron chi connectivity index (χ0n) is 24.6. The molecule has 0 saturated heterocycles. The van der Waals surface area contributed by atoms with Crippen LogP contribution < -0.4 is 9.62 Å². The van der Waals surface area contributed by atoms with Crippen LogP contribution in [0.2, 0.25) is 5.02 Å². The molecule has 0 saturated carbocycles. The summed E-state index contributed by atoms with van der Waals surface area (Å²) in [6.45, 7) is 11.0. The number of benzene rings is 3. The number of carbonyl (C=O) groups is 2. The van der Waals surface area contributed by atoms with Gasteiger partial charge in [-0.15, -0.1) is 0 Å². The summed E-state index contributed by atoms with van der Waals surface area (Å²) in [6, 6.07) is 18.3. The molecule has 2 amide bonds. The molecule has 0 bridgehead atoms. The Morgan fingerprint density at radius 3 is 2.20 bits per heavy atom. The van der Waals surface area contributed by atoms with Crippen LogP contribution in [0.15, 0.2) is 71.6 Å². The van der Waals surface area contributed by atoms with Crippen LogP contribution >= 0.6 is 11.6 Å². The van der Waals surface area contributed by atoms with Gasteiger partial charge in [-0.25, -0.2) is 8.42 Å². The third-order valence-corrected chi connectivity index (χ3v) is 9.16. The standard InChI is InChI=1S/C32H40ClN3O4S/c1-7-25(6)34-32(38)29(8-2)35(20-26-11-9-10-23(4)18-26)31(37)21-36(30-19-27(33)15-14-24(30)5)41(39,40)28-16-12-22(3)13-17-28/h9-19,25,29H,7-8,20-21H2,1-6H3,(H,34,38)/t25-,29-/m1/s1. The second-order valence-corrected chi connectivity index (χ2v) is 12.8. The fraction of sp³-hybridized carbons (Fsp3) is 0.375. The predicted molar refractivity (Wildman–Crippen MR) is 166 cm³/mol. The van der Waals surface area contributed by atoms with Crippen molar-refractivity contribution in [3.63, 3.8) is 0 Å². The molecule has 9 heteroatoms. The SMILES string of the molecule is CC[C@@H](C)NC(=O)[C@@H](CC)N(Cc1cccc(C)c1)C(=O)CN(c1cc(Cl)ccc1C)S(=O)(=O)c1ccc(C)cc1. The Labute approximate surface area is 249 Å². The van der Waals surface area contributed by atoms with E-state index in [1.807, 2.05) is 58.9 Å². The number of anilines is 1. The van der Waals surface area contributed by atoms with Gasteiger partial charge in [-0.05, 0) is 75.9 Å². The van der Waals surface area contributed by atoms with Crippen molar-refractivity contribution in [2.24, 2.45) is 0 Å². The van der Waals surface area contributed by atoms with E-state index in [1.54, 1.807) is 37.3 Å². The third kappa shape index (κ3) is 8.11. The molecule has 0 aliphatic heterocycles. The van der Waals surface area contributed by atoms with Gasteiger partial charge in [0, 0.05) is 17.6 Å². The van der Waals surface area contributed by atoms with Gasteiger partial charge in [-0.2, -0.15) is 0 Å². The van der Waals surface area contributed by atoms with Gasteiger partial charge in [-0.3, -0.25) is 13.9 Å². The summed E-state index contributed by atoms with van der Waals surface area (Å²) >= 11 is 6.31. The van der Waals surface area contributed by atoms with Crippen molar-refractivity contribution < 1.29 is 18.0 Å². The van der Waals surface area contributed by atoms with Crippen molar-refractivity contribution in [3.8, 4) is 0 Å². The Hall–Kier alpha value is -3.36. The third-order valence-electron chi connectivity index (χ3n) is 7.15. The molecular weight excluding hydrogens is 558 g/mol. The van der Waals surface area contributed by atoms with Crippen molar-refractivity contribution in [3.05, 3.63) is 94.0 Å². The largest absolute Gasteiger partial charge is 0.352 e. The van der Waals surface area contributed by atoms with Gasteiger partial charge in [0.1, 0.15) is 12.6 Å². The van der Waals surface area contributed by atoms with Crippen molar-refractivity contribution in [2.45, 2.75) is 77.9 Å². The van der Waals surface area contributed by atoms with Crippen molar-refractivity contribution in [1.82, 2.24) is 10.2 Å². The lowest BCUT2D eigenvalue weighted by Gasteiger charge is -2.34. The topological polar surface area (TPSA) is 86.8 Å². The number of aryl methyl sites for hydroxylation is 3. The maximum absolute atomic E-state index is 14.2. The van der Waals surface area contributed by atoms with Crippen LogP contribution in [0.3, 0.4) is 0 Å². The quantitative estimate of drug-likeness (QED) is 0.270. The van der Waals surface area contributed by atoms with Crippen LogP contribution in [-0.4, -0.2) is 43.8 Å². The van der Waals surface area contributed by atoms with Crippen LogP contribution in [0.4, 0.5) is 5.69 Å². The Balaban J connectivity index is 2.10. The Kier molecular flexibility index (Phi) is 11.0. The summed E-state index contributed by atoms with van der Waals surface area (Å²) in [4.78, 5) is 29.2. The highest BCUT2D eigenvalue weighted by atomic mass is 35.5. The number of hydrogen-bond acceptors (Lipinski definition) is 4. The molecular formula is C32H40ClN3O4S. The minimum absolute atomic E-state index is 0.0575. The first-order chi connectivity index (χ1) is 19.4. The average Bonchev–Trinajstić information content (AvgIpc) is 2.93. The molecule has 0 aliphatic rings. The molecule has 0 aliphatic carbocycles. The van der Waals surface area contributed by atoms with Gasteiger partial charge in [0.25, 0.3) is 10.0 Å². The normalized spacial score (nSPS) is 12.9. The van der Waals surface area contributed by atoms with Gasteiger partial charge in [-0.1, -0.05) is 79.0 Å². The molecule has 41 heavy (non-hydrogen) atoms. The molecule has 3 aromatic rings. The zero-order chi connectivity index (χ0) is 30.3. The number of halogens is 1. The maximum Gasteiger partial charge on any atom is 0.264 e. The van der Waals surface area contributed by atoms with Crippen molar-refractivity contribution >= 4 is 39.1 Å². The predicted octanol–water partition coefficient (Wildman–Crippen LogP) is 6.18. The Morgan fingerprint density at radius 2 is 1.59 bits per heavy atom. The summed E-state index contributed by atoms with van der Waals surface area (Å²) in [6.07, 6.45) is 1.10. The maximum atomic E-state index is 14.2. The molecule has 3 aromatic carbocycles. The monoisotopic (exact) mass is 597 g/mol. The lowest BCUT2D eigenvalue weighted by molar-refractivity contribution is -0.140. The Morgan fingerprint density at radius 1 is 0.902 bits per heavy atom. The first-order valence-electron chi connectivity index (χ1n) is 13.9. The number of nitrogens with zero attached hydrogens (tertiary/aromatic N) is 2. The summed E-state index contributed by atoms with van der Waals surface area (Å²) in [7, 11) is -4.17. The summed E-state index contributed by atoms with van der Waals surface area (Å²) in [5, 5.41) is 3.34. The van der Waals surface area contributed by atoms with Crippen LogP contribution in [0, 0.1) is 20.8 Å². The number of hydrogen-bond donors (Lipinski definition) is 1. The van der Waals surface area contributed by atoms with E-state index in [9.17, 15) is 18.0 Å². The minimum Gasteiger partial charge on any atom is -0.352 e. The number of carbonyl (C=O) groups excluding carboxylic acids is 2. The minimum atomic E-state index is -4.17. The molecule has 0 spiro atoms. The molecule has 3 rings (SSSR count). The molecule has 7 nitrogen and oxygen atoms in total. The average molecular weight is 598 g/mol. The second-order valence-electron chi connectivity index (χ2n) is 10.5. The molecule has 0 aromatic heterocycles. The van der Waals surface area contributed by atoms with E-state index in [0.717, 1.165) is 27.4 Å². The highest BCUT2D eigenvalue weighted by molar-refractivity contribution is 7.92. The van der Waals surface area contributed by atoms with E-state index in [4.69, 9.17) is 11.6 Å². The molecule has 0 heterocycles. The lowest BCUT2D eigenvalue weighted by atomic mass is 10.1. The van der Waals surface area contributed by atoms with Crippen molar-refractivity contribution in [1.29, 1.82) is 0 Å². The zero-order valence-corrected chi connectivity index (χ0v) is 26.2. The molecule has 220 valence electrons.